The summed E-state index contributed by atoms with van der Waals surface area (Å²) in [4.78, 5) is 0. The molecule has 0 atom stereocenters. The molecule has 0 bridgehead atoms. The maximum absolute atomic E-state index is 3.55. The standard InChI is InChI=1S/C7H11/c1-4-6-7(3)5-2/h4-6H,1H2,2-3H3/b6-4+,7-5+. The van der Waals surface area contributed by atoms with Crippen LogP contribution >= 0.6 is 0 Å². The molecule has 0 heterocycles. The minimum Gasteiger partial charge on any atom is -0.0847 e. The van der Waals surface area contributed by atoms with Gasteiger partial charge >= 0.3 is 0 Å². The topological polar surface area (TPSA) is 0 Å². The van der Waals surface area contributed by atoms with Crippen molar-refractivity contribution < 1.29 is 0 Å². The first-order valence-electron chi connectivity index (χ1n) is 2.40. The van der Waals surface area contributed by atoms with E-state index < -0.39 is 0 Å². The third-order valence-corrected chi connectivity index (χ3v) is 0.836. The average molecular weight is 95.2 g/mol. The van der Waals surface area contributed by atoms with Gasteiger partial charge in [0, 0.05) is 0 Å². The number of hydrogen-bond acceptors (Lipinski definition) is 0. The molecule has 0 aliphatic carbocycles. The Kier molecular flexibility index (Phi) is 3.39. The molecule has 0 unspecified atom stereocenters. The average Bonchev–Trinajstić information content (AvgIpc) is 1.68. The van der Waals surface area contributed by atoms with Gasteiger partial charge in [-0.15, -0.1) is 0 Å². The predicted octanol–water partition coefficient (Wildman–Crippen LogP) is 2.34. The summed E-state index contributed by atoms with van der Waals surface area (Å²) >= 11 is 0. The molecule has 0 N–H and O–H groups in total. The van der Waals surface area contributed by atoms with Crippen molar-refractivity contribution in [3.8, 4) is 0 Å². The lowest BCUT2D eigenvalue weighted by Crippen LogP contribution is -1.60. The Balaban J connectivity index is 3.58. The lowest BCUT2D eigenvalue weighted by molar-refractivity contribution is 1.48. The first-order valence-corrected chi connectivity index (χ1v) is 2.40. The van der Waals surface area contributed by atoms with E-state index in [1.165, 1.54) is 5.57 Å². The summed E-state index contributed by atoms with van der Waals surface area (Å²) in [6.07, 6.45) is 5.80. The van der Waals surface area contributed by atoms with Gasteiger partial charge in [-0.25, -0.2) is 0 Å². The second-order valence-electron chi connectivity index (χ2n) is 1.44. The van der Waals surface area contributed by atoms with E-state index in [0.29, 0.717) is 0 Å². The van der Waals surface area contributed by atoms with Gasteiger partial charge in [-0.2, -0.15) is 0 Å². The SMILES string of the molecule is [CH2]/C=C/C(C)=C/C. The molecule has 0 rings (SSSR count). The van der Waals surface area contributed by atoms with Crippen molar-refractivity contribution in [1.29, 1.82) is 0 Å². The van der Waals surface area contributed by atoms with Crippen molar-refractivity contribution in [2.45, 2.75) is 13.8 Å². The molecule has 39 valence electrons. The molecule has 0 aromatic carbocycles. The van der Waals surface area contributed by atoms with Crippen LogP contribution in [-0.2, 0) is 0 Å². The lowest BCUT2D eigenvalue weighted by Gasteiger charge is -1.81. The second kappa shape index (κ2) is 3.66. The molecule has 0 saturated carbocycles. The summed E-state index contributed by atoms with van der Waals surface area (Å²) in [7, 11) is 0. The molecule has 0 nitrogen and oxygen atoms in total. The molecule has 0 saturated heterocycles. The Hall–Kier alpha value is -0.520. The van der Waals surface area contributed by atoms with E-state index in [4.69, 9.17) is 0 Å². The highest BCUT2D eigenvalue weighted by atomic mass is 13.8. The molecular weight excluding hydrogens is 84.1 g/mol. The fourth-order valence-corrected chi connectivity index (χ4v) is 0.282. The van der Waals surface area contributed by atoms with Crippen molar-refractivity contribution in [2.24, 2.45) is 0 Å². The van der Waals surface area contributed by atoms with Crippen LogP contribution < -0.4 is 0 Å². The molecule has 0 amide bonds. The molecule has 0 aliphatic heterocycles. The first-order chi connectivity index (χ1) is 3.31. The highest BCUT2D eigenvalue weighted by Crippen LogP contribution is 1.90. The van der Waals surface area contributed by atoms with Gasteiger partial charge in [0.1, 0.15) is 0 Å². The fraction of sp³-hybridized carbons (Fsp3) is 0.286. The van der Waals surface area contributed by atoms with Crippen molar-refractivity contribution in [2.75, 3.05) is 0 Å². The van der Waals surface area contributed by atoms with Crippen LogP contribution in [0, 0.1) is 6.92 Å². The van der Waals surface area contributed by atoms with Crippen LogP contribution in [0.3, 0.4) is 0 Å². The van der Waals surface area contributed by atoms with Gasteiger partial charge in [-0.05, 0) is 20.8 Å². The zero-order valence-electron chi connectivity index (χ0n) is 4.94. The maximum atomic E-state index is 3.55. The van der Waals surface area contributed by atoms with Crippen LogP contribution in [0.4, 0.5) is 0 Å². The van der Waals surface area contributed by atoms with Gasteiger partial charge in [0.05, 0.1) is 0 Å². The zero-order valence-corrected chi connectivity index (χ0v) is 4.94. The van der Waals surface area contributed by atoms with Crippen molar-refractivity contribution >= 4 is 0 Å². The molecule has 0 heteroatoms. The molecule has 0 aliphatic rings. The van der Waals surface area contributed by atoms with Crippen LogP contribution in [0.5, 0.6) is 0 Å². The highest BCUT2D eigenvalue weighted by Gasteiger charge is 1.69. The number of hydrogen-bond donors (Lipinski definition) is 0. The molecule has 0 spiro atoms. The van der Waals surface area contributed by atoms with E-state index in [1.54, 1.807) is 6.08 Å². The summed E-state index contributed by atoms with van der Waals surface area (Å²) < 4.78 is 0. The predicted molar refractivity (Wildman–Crippen MR) is 33.9 cm³/mol. The quantitative estimate of drug-likeness (QED) is 0.438. The smallest absolute Gasteiger partial charge is 0.0313 e. The Morgan fingerprint density at radius 3 is 2.29 bits per heavy atom. The van der Waals surface area contributed by atoms with Crippen LogP contribution in [0.1, 0.15) is 13.8 Å². The largest absolute Gasteiger partial charge is 0.0847 e. The Morgan fingerprint density at radius 1 is 1.57 bits per heavy atom. The summed E-state index contributed by atoms with van der Waals surface area (Å²) in [5, 5.41) is 0. The Labute approximate surface area is 45.5 Å². The van der Waals surface area contributed by atoms with Crippen LogP contribution in [-0.4, -0.2) is 0 Å². The van der Waals surface area contributed by atoms with Crippen LogP contribution in [0.25, 0.3) is 0 Å². The Morgan fingerprint density at radius 2 is 2.14 bits per heavy atom. The third-order valence-electron chi connectivity index (χ3n) is 0.836. The van der Waals surface area contributed by atoms with Crippen molar-refractivity contribution in [3.63, 3.8) is 0 Å². The van der Waals surface area contributed by atoms with Crippen LogP contribution in [0.2, 0.25) is 0 Å². The van der Waals surface area contributed by atoms with Gasteiger partial charge in [-0.1, -0.05) is 23.8 Å². The lowest BCUT2D eigenvalue weighted by atomic mass is 10.3. The van der Waals surface area contributed by atoms with E-state index in [9.17, 15) is 0 Å². The summed E-state index contributed by atoms with van der Waals surface area (Å²) in [6.45, 7) is 7.60. The monoisotopic (exact) mass is 95.1 g/mol. The molecule has 7 heavy (non-hydrogen) atoms. The Bertz CT molecular complexity index is 86.2. The number of allylic oxidation sites excluding steroid dienone is 4. The van der Waals surface area contributed by atoms with Gasteiger partial charge in [0.2, 0.25) is 0 Å². The van der Waals surface area contributed by atoms with Gasteiger partial charge in [0.15, 0.2) is 0 Å². The van der Waals surface area contributed by atoms with Crippen molar-refractivity contribution in [1.82, 2.24) is 0 Å². The van der Waals surface area contributed by atoms with E-state index in [2.05, 4.69) is 6.92 Å². The minimum atomic E-state index is 1.26. The van der Waals surface area contributed by atoms with Gasteiger partial charge in [-0.3, -0.25) is 0 Å². The zero-order chi connectivity index (χ0) is 5.70. The summed E-state index contributed by atoms with van der Waals surface area (Å²) in [5.74, 6) is 0. The summed E-state index contributed by atoms with van der Waals surface area (Å²) in [6, 6.07) is 0. The highest BCUT2D eigenvalue weighted by molar-refractivity contribution is 5.14. The molecule has 0 aromatic rings. The third kappa shape index (κ3) is 3.31. The second-order valence-corrected chi connectivity index (χ2v) is 1.44. The maximum Gasteiger partial charge on any atom is -0.0313 e. The fourth-order valence-electron chi connectivity index (χ4n) is 0.282. The first kappa shape index (κ1) is 6.48. The molecule has 0 aromatic heterocycles. The van der Waals surface area contributed by atoms with E-state index in [0.717, 1.165) is 0 Å². The summed E-state index contributed by atoms with van der Waals surface area (Å²) in [5.41, 5.74) is 1.26. The minimum absolute atomic E-state index is 1.26. The molecular formula is C7H11. The van der Waals surface area contributed by atoms with Crippen molar-refractivity contribution in [3.05, 3.63) is 30.7 Å². The van der Waals surface area contributed by atoms with E-state index in [1.807, 2.05) is 26.0 Å². The number of rotatable bonds is 1. The van der Waals surface area contributed by atoms with E-state index >= 15 is 0 Å². The normalized spacial score (nSPS) is 13.3. The molecule has 0 fully saturated rings. The van der Waals surface area contributed by atoms with Crippen LogP contribution in [0.15, 0.2) is 23.8 Å². The van der Waals surface area contributed by atoms with Gasteiger partial charge < -0.3 is 0 Å². The van der Waals surface area contributed by atoms with E-state index in [-0.39, 0.29) is 0 Å². The molecule has 1 radical (unpaired) electrons. The van der Waals surface area contributed by atoms with Gasteiger partial charge in [0.25, 0.3) is 0 Å².